The highest BCUT2D eigenvalue weighted by atomic mass is 35.5. The van der Waals surface area contributed by atoms with E-state index in [9.17, 15) is 13.2 Å². The zero-order valence-electron chi connectivity index (χ0n) is 16.2. The molecule has 1 N–H and O–H groups in total. The molecule has 1 aromatic heterocycles. The highest BCUT2D eigenvalue weighted by Gasteiger charge is 2.30. The molecule has 2 aromatic carbocycles. The number of rotatable bonds is 6. The Morgan fingerprint density at radius 3 is 2.31 bits per heavy atom. The molecule has 0 aliphatic heterocycles. The molecule has 0 saturated carbocycles. The molecule has 0 radical (unpaired) electrons. The van der Waals surface area contributed by atoms with Gasteiger partial charge in [0.05, 0.1) is 24.1 Å². The molecule has 8 heteroatoms. The Balaban J connectivity index is 1.82. The molecule has 0 saturated heterocycles. The first-order valence-electron chi connectivity index (χ1n) is 9.02. The van der Waals surface area contributed by atoms with Crippen molar-refractivity contribution in [3.8, 4) is 11.6 Å². The highest BCUT2D eigenvalue weighted by Crippen LogP contribution is 2.31. The first kappa shape index (κ1) is 21.2. The van der Waals surface area contributed by atoms with Crippen LogP contribution in [0.25, 0.3) is 5.69 Å². The van der Waals surface area contributed by atoms with E-state index in [1.165, 1.54) is 23.9 Å². The molecule has 0 fully saturated rings. The molecule has 0 spiro atoms. The van der Waals surface area contributed by atoms with Crippen LogP contribution < -0.4 is 10.1 Å². The summed E-state index contributed by atoms with van der Waals surface area (Å²) in [7, 11) is 1.49. The van der Waals surface area contributed by atoms with E-state index in [2.05, 4.69) is 10.4 Å². The van der Waals surface area contributed by atoms with Gasteiger partial charge in [-0.05, 0) is 55.8 Å². The number of ether oxygens (including phenoxy) is 1. The maximum absolute atomic E-state index is 12.8. The van der Waals surface area contributed by atoms with Gasteiger partial charge in [-0.25, -0.2) is 4.68 Å². The molecule has 0 aliphatic carbocycles. The van der Waals surface area contributed by atoms with Gasteiger partial charge in [0, 0.05) is 23.2 Å². The van der Waals surface area contributed by atoms with Gasteiger partial charge in [-0.1, -0.05) is 23.7 Å². The fourth-order valence-electron chi connectivity index (χ4n) is 3.05. The van der Waals surface area contributed by atoms with Crippen LogP contribution in [0.4, 0.5) is 13.2 Å². The third-order valence-corrected chi connectivity index (χ3v) is 4.87. The van der Waals surface area contributed by atoms with Gasteiger partial charge in [-0.15, -0.1) is 0 Å². The van der Waals surface area contributed by atoms with E-state index >= 15 is 0 Å². The fourth-order valence-corrected chi connectivity index (χ4v) is 3.25. The van der Waals surface area contributed by atoms with E-state index in [1.807, 2.05) is 38.1 Å². The summed E-state index contributed by atoms with van der Waals surface area (Å²) in [6.45, 7) is 3.98. The minimum Gasteiger partial charge on any atom is -0.481 e. The normalized spacial score (nSPS) is 13.9. The molecule has 3 rings (SSSR count). The zero-order chi connectivity index (χ0) is 21.2. The summed E-state index contributed by atoms with van der Waals surface area (Å²) in [6.07, 6.45) is -4.38. The second kappa shape index (κ2) is 8.47. The number of aromatic nitrogens is 2. The van der Waals surface area contributed by atoms with Crippen molar-refractivity contribution in [1.29, 1.82) is 0 Å². The number of nitrogens with zero attached hydrogens (tertiary/aromatic N) is 2. The minimum absolute atomic E-state index is 0.0194. The smallest absolute Gasteiger partial charge is 0.416 e. The molecule has 0 aliphatic rings. The Morgan fingerprint density at radius 1 is 1.03 bits per heavy atom. The molecule has 154 valence electrons. The number of hydrogen-bond acceptors (Lipinski definition) is 3. The van der Waals surface area contributed by atoms with Crippen molar-refractivity contribution in [3.63, 3.8) is 0 Å². The van der Waals surface area contributed by atoms with E-state index in [0.29, 0.717) is 22.3 Å². The maximum atomic E-state index is 12.8. The van der Waals surface area contributed by atoms with E-state index in [-0.39, 0.29) is 12.1 Å². The number of alkyl halides is 3. The summed E-state index contributed by atoms with van der Waals surface area (Å²) in [6, 6.07) is 14.0. The van der Waals surface area contributed by atoms with Gasteiger partial charge in [0.1, 0.15) is 0 Å². The largest absolute Gasteiger partial charge is 0.481 e. The average molecular weight is 424 g/mol. The summed E-state index contributed by atoms with van der Waals surface area (Å²) in [5, 5.41) is 8.64. The molecule has 0 amide bonds. The predicted molar refractivity (Wildman–Crippen MR) is 107 cm³/mol. The molecular weight excluding hydrogens is 403 g/mol. The second-order valence-corrected chi connectivity index (χ2v) is 7.17. The fraction of sp³-hybridized carbons (Fsp3) is 0.286. The van der Waals surface area contributed by atoms with Gasteiger partial charge < -0.3 is 10.1 Å². The minimum atomic E-state index is -4.38. The van der Waals surface area contributed by atoms with Gasteiger partial charge in [0.25, 0.3) is 0 Å². The third kappa shape index (κ3) is 4.92. The van der Waals surface area contributed by atoms with Gasteiger partial charge in [-0.3, -0.25) is 0 Å². The van der Waals surface area contributed by atoms with Crippen molar-refractivity contribution >= 4 is 11.6 Å². The Hall–Kier alpha value is -2.51. The summed E-state index contributed by atoms with van der Waals surface area (Å²) >= 11 is 6.06. The Bertz CT molecular complexity index is 970. The average Bonchev–Trinajstić information content (AvgIpc) is 3.12. The molecule has 3 aromatic rings. The van der Waals surface area contributed by atoms with Crippen molar-refractivity contribution in [2.24, 2.45) is 0 Å². The van der Waals surface area contributed by atoms with Crippen molar-refractivity contribution in [1.82, 2.24) is 15.1 Å². The second-order valence-electron chi connectivity index (χ2n) is 6.73. The van der Waals surface area contributed by atoms with Crippen LogP contribution in [0, 0.1) is 0 Å². The van der Waals surface area contributed by atoms with E-state index in [0.717, 1.165) is 17.7 Å². The van der Waals surface area contributed by atoms with Crippen LogP contribution in [-0.2, 0) is 6.18 Å². The summed E-state index contributed by atoms with van der Waals surface area (Å²) in [5.74, 6) is 0.434. The van der Waals surface area contributed by atoms with Crippen LogP contribution >= 0.6 is 11.6 Å². The number of halogens is 4. The lowest BCUT2D eigenvalue weighted by Gasteiger charge is -2.19. The number of hydrogen-bond donors (Lipinski definition) is 1. The van der Waals surface area contributed by atoms with Crippen LogP contribution in [0.2, 0.25) is 5.02 Å². The standard InChI is InChI=1S/C21H21ClF3N3O/c1-13(15-5-4-6-17(22)11-15)26-14(2)19-12-20(29-3)28(27-19)18-9-7-16(8-10-18)21(23,24)25/h4-14,26H,1-3H3/t13-,14-/m1/s1. The highest BCUT2D eigenvalue weighted by molar-refractivity contribution is 6.30. The van der Waals surface area contributed by atoms with Crippen molar-refractivity contribution in [3.05, 3.63) is 76.4 Å². The van der Waals surface area contributed by atoms with Crippen molar-refractivity contribution < 1.29 is 17.9 Å². The topological polar surface area (TPSA) is 39.1 Å². The first-order chi connectivity index (χ1) is 13.7. The van der Waals surface area contributed by atoms with Gasteiger partial charge in [0.2, 0.25) is 5.88 Å². The molecule has 0 bridgehead atoms. The Kier molecular flexibility index (Phi) is 6.19. The SMILES string of the molecule is COc1cc([C@@H](C)N[C@H](C)c2cccc(Cl)c2)nn1-c1ccc(C(F)(F)F)cc1. The first-order valence-corrected chi connectivity index (χ1v) is 9.40. The summed E-state index contributed by atoms with van der Waals surface area (Å²) in [5.41, 5.74) is 1.52. The molecule has 2 atom stereocenters. The van der Waals surface area contributed by atoms with Gasteiger partial charge >= 0.3 is 6.18 Å². The number of methoxy groups -OCH3 is 1. The lowest BCUT2D eigenvalue weighted by molar-refractivity contribution is -0.137. The number of benzene rings is 2. The Morgan fingerprint density at radius 2 is 1.72 bits per heavy atom. The van der Waals surface area contributed by atoms with Crippen molar-refractivity contribution in [2.75, 3.05) is 7.11 Å². The van der Waals surface area contributed by atoms with E-state index in [4.69, 9.17) is 16.3 Å². The molecule has 4 nitrogen and oxygen atoms in total. The maximum Gasteiger partial charge on any atom is 0.416 e. The van der Waals surface area contributed by atoms with Crippen LogP contribution in [0.15, 0.2) is 54.6 Å². The Labute approximate surface area is 172 Å². The zero-order valence-corrected chi connectivity index (χ0v) is 16.9. The van der Waals surface area contributed by atoms with Gasteiger partial charge in [0.15, 0.2) is 0 Å². The molecular formula is C21H21ClF3N3O. The van der Waals surface area contributed by atoms with Crippen molar-refractivity contribution in [2.45, 2.75) is 32.1 Å². The van der Waals surface area contributed by atoms with E-state index < -0.39 is 11.7 Å². The van der Waals surface area contributed by atoms with Crippen LogP contribution in [0.1, 0.15) is 42.8 Å². The third-order valence-electron chi connectivity index (χ3n) is 4.64. The van der Waals surface area contributed by atoms with E-state index in [1.54, 1.807) is 6.07 Å². The molecule has 29 heavy (non-hydrogen) atoms. The monoisotopic (exact) mass is 423 g/mol. The predicted octanol–water partition coefficient (Wildman–Crippen LogP) is 5.96. The van der Waals surface area contributed by atoms with Crippen LogP contribution in [0.5, 0.6) is 5.88 Å². The lowest BCUT2D eigenvalue weighted by Crippen LogP contribution is -2.23. The van der Waals surface area contributed by atoms with Crippen LogP contribution in [0.3, 0.4) is 0 Å². The summed E-state index contributed by atoms with van der Waals surface area (Å²) < 4.78 is 45.3. The lowest BCUT2D eigenvalue weighted by atomic mass is 10.1. The molecule has 1 heterocycles. The molecule has 0 unspecified atom stereocenters. The quantitative estimate of drug-likeness (QED) is 0.531. The van der Waals surface area contributed by atoms with Crippen LogP contribution in [-0.4, -0.2) is 16.9 Å². The summed E-state index contributed by atoms with van der Waals surface area (Å²) in [4.78, 5) is 0. The number of nitrogens with one attached hydrogen (secondary N) is 1. The van der Waals surface area contributed by atoms with Gasteiger partial charge in [-0.2, -0.15) is 18.3 Å².